The molecule has 181 valence electrons. The number of rotatable bonds is 10. The van der Waals surface area contributed by atoms with Crippen molar-refractivity contribution in [3.63, 3.8) is 0 Å². The summed E-state index contributed by atoms with van der Waals surface area (Å²) < 4.78 is 15.8. The molecule has 0 aromatic heterocycles. The number of nitrogens with zero attached hydrogens (tertiary/aromatic N) is 2. The molecule has 1 unspecified atom stereocenters. The highest BCUT2D eigenvalue weighted by Gasteiger charge is 2.51. The van der Waals surface area contributed by atoms with Crippen LogP contribution in [-0.4, -0.2) is 81.5 Å². The molecule has 1 radical (unpaired) electrons. The maximum atomic E-state index is 12.5. The lowest BCUT2D eigenvalue weighted by molar-refractivity contribution is -0.153. The number of ether oxygens (including phenoxy) is 3. The quantitative estimate of drug-likeness (QED) is 0.374. The molecule has 0 amide bonds. The van der Waals surface area contributed by atoms with Crippen molar-refractivity contribution in [2.45, 2.75) is 51.4 Å². The van der Waals surface area contributed by atoms with Crippen LogP contribution in [0.15, 0.2) is 0 Å². The molecular formula is C25H41N2O5. The van der Waals surface area contributed by atoms with Crippen molar-refractivity contribution in [1.29, 1.82) is 0 Å². The molecule has 5 aliphatic rings. The van der Waals surface area contributed by atoms with Gasteiger partial charge in [0, 0.05) is 38.6 Å². The Balaban J connectivity index is 1.04. The zero-order valence-electron chi connectivity index (χ0n) is 19.8. The van der Waals surface area contributed by atoms with Crippen LogP contribution in [0, 0.1) is 36.0 Å². The Bertz CT molecular complexity index is 611. The first-order valence-electron chi connectivity index (χ1n) is 12.6. The fourth-order valence-corrected chi connectivity index (χ4v) is 6.87. The highest BCUT2D eigenvalue weighted by Crippen LogP contribution is 2.61. The normalized spacial score (nSPS) is 33.1. The Kier molecular flexibility index (Phi) is 7.98. The Morgan fingerprint density at radius 1 is 0.938 bits per heavy atom. The molecule has 5 rings (SSSR count). The second kappa shape index (κ2) is 10.7. The molecule has 0 spiro atoms. The van der Waals surface area contributed by atoms with Crippen LogP contribution in [0.25, 0.3) is 0 Å². The second-order valence-corrected chi connectivity index (χ2v) is 11.1. The topological polar surface area (TPSA) is 68.3 Å². The number of esters is 1. The maximum Gasteiger partial charge on any atom is 0.508 e. The average molecular weight is 450 g/mol. The van der Waals surface area contributed by atoms with Gasteiger partial charge >= 0.3 is 12.1 Å². The Morgan fingerprint density at radius 3 is 2.16 bits per heavy atom. The van der Waals surface area contributed by atoms with Crippen LogP contribution in [0.1, 0.15) is 51.4 Å². The van der Waals surface area contributed by atoms with Crippen molar-refractivity contribution in [3.05, 3.63) is 6.92 Å². The fraction of sp³-hybridized carbons (Fsp3) is 0.880. The molecule has 1 atom stereocenters. The van der Waals surface area contributed by atoms with Crippen LogP contribution >= 0.6 is 0 Å². The number of piperazine rings is 1. The van der Waals surface area contributed by atoms with E-state index in [-0.39, 0.29) is 30.5 Å². The van der Waals surface area contributed by atoms with Gasteiger partial charge in [-0.05, 0) is 82.1 Å². The Labute approximate surface area is 193 Å². The summed E-state index contributed by atoms with van der Waals surface area (Å²) in [6.45, 7) is 9.81. The van der Waals surface area contributed by atoms with E-state index in [1.807, 2.05) is 0 Å². The monoisotopic (exact) mass is 449 g/mol. The molecule has 4 saturated carbocycles. The average Bonchev–Trinajstić information content (AvgIpc) is 2.74. The van der Waals surface area contributed by atoms with E-state index in [0.717, 1.165) is 56.9 Å². The van der Waals surface area contributed by atoms with E-state index in [1.54, 1.807) is 0 Å². The van der Waals surface area contributed by atoms with Crippen molar-refractivity contribution in [2.24, 2.45) is 29.1 Å². The minimum atomic E-state index is -0.670. The lowest BCUT2D eigenvalue weighted by atomic mass is 9.49. The predicted molar refractivity (Wildman–Crippen MR) is 121 cm³/mol. The molecule has 1 aliphatic heterocycles. The molecular weight excluding hydrogens is 408 g/mol. The third-order valence-electron chi connectivity index (χ3n) is 8.04. The Hall–Kier alpha value is -1.34. The molecule has 5 fully saturated rings. The van der Waals surface area contributed by atoms with E-state index >= 15 is 0 Å². The largest absolute Gasteiger partial charge is 0.508 e. The van der Waals surface area contributed by atoms with Gasteiger partial charge in [0.05, 0.1) is 19.6 Å². The third-order valence-corrected chi connectivity index (χ3v) is 8.04. The van der Waals surface area contributed by atoms with Crippen LogP contribution in [-0.2, 0) is 19.0 Å². The van der Waals surface area contributed by atoms with E-state index in [0.29, 0.717) is 13.0 Å². The van der Waals surface area contributed by atoms with Gasteiger partial charge in [0.1, 0.15) is 6.61 Å². The van der Waals surface area contributed by atoms with Crippen LogP contribution < -0.4 is 0 Å². The van der Waals surface area contributed by atoms with E-state index in [9.17, 15) is 9.59 Å². The van der Waals surface area contributed by atoms with Gasteiger partial charge in [-0.25, -0.2) is 4.79 Å². The van der Waals surface area contributed by atoms with Gasteiger partial charge in [-0.2, -0.15) is 0 Å². The smallest absolute Gasteiger partial charge is 0.465 e. The molecule has 0 aromatic rings. The SMILES string of the molecule is [CH2]C(COC(=O)CC12CC3CC(CC(C3)C1)C2)COC(=O)OCCCN1CCN(C)CC1. The summed E-state index contributed by atoms with van der Waals surface area (Å²) in [5.41, 5.74) is 0.187. The van der Waals surface area contributed by atoms with E-state index < -0.39 is 6.16 Å². The summed E-state index contributed by atoms with van der Waals surface area (Å²) in [5.74, 6) is 2.09. The first-order valence-corrected chi connectivity index (χ1v) is 12.6. The minimum Gasteiger partial charge on any atom is -0.465 e. The van der Waals surface area contributed by atoms with E-state index in [1.165, 1.54) is 38.5 Å². The van der Waals surface area contributed by atoms with Crippen LogP contribution in [0.5, 0.6) is 0 Å². The minimum absolute atomic E-state index is 0.0991. The van der Waals surface area contributed by atoms with Crippen molar-refractivity contribution in [2.75, 3.05) is 59.6 Å². The standard InChI is InChI=1S/C25H41N2O5/c1-19(18-32-24(29)30-9-3-4-27-7-5-26(2)6-8-27)17-31-23(28)16-25-13-20-10-21(14-25)12-22(11-20)15-25/h19-22H,1,3-18H2,2H3. The van der Waals surface area contributed by atoms with Crippen molar-refractivity contribution in [1.82, 2.24) is 9.80 Å². The molecule has 0 N–H and O–H groups in total. The van der Waals surface area contributed by atoms with Crippen LogP contribution in [0.4, 0.5) is 4.79 Å². The van der Waals surface area contributed by atoms with Gasteiger partial charge in [-0.1, -0.05) is 0 Å². The molecule has 0 aromatic carbocycles. The summed E-state index contributed by atoms with van der Waals surface area (Å²) in [4.78, 5) is 29.0. The predicted octanol–water partition coefficient (Wildman–Crippen LogP) is 3.38. The lowest BCUT2D eigenvalue weighted by Gasteiger charge is -2.56. The summed E-state index contributed by atoms with van der Waals surface area (Å²) in [6, 6.07) is 0. The molecule has 1 heterocycles. The van der Waals surface area contributed by atoms with Crippen molar-refractivity contribution >= 4 is 12.1 Å². The van der Waals surface area contributed by atoms with Crippen molar-refractivity contribution in [3.8, 4) is 0 Å². The Morgan fingerprint density at radius 2 is 1.53 bits per heavy atom. The fourth-order valence-electron chi connectivity index (χ4n) is 6.87. The van der Waals surface area contributed by atoms with Crippen LogP contribution in [0.3, 0.4) is 0 Å². The molecule has 7 nitrogen and oxygen atoms in total. The number of likely N-dealkylation sites (N-methyl/N-ethyl adjacent to an activating group) is 1. The zero-order valence-corrected chi connectivity index (χ0v) is 19.8. The molecule has 1 saturated heterocycles. The summed E-state index contributed by atoms with van der Waals surface area (Å²) >= 11 is 0. The number of hydrogen-bond acceptors (Lipinski definition) is 7. The van der Waals surface area contributed by atoms with E-state index in [4.69, 9.17) is 14.2 Å². The molecule has 4 bridgehead atoms. The van der Waals surface area contributed by atoms with Gasteiger partial charge in [-0.15, -0.1) is 0 Å². The molecule has 32 heavy (non-hydrogen) atoms. The molecule has 4 aliphatic carbocycles. The van der Waals surface area contributed by atoms with Crippen LogP contribution in [0.2, 0.25) is 0 Å². The maximum absolute atomic E-state index is 12.5. The highest BCUT2D eigenvalue weighted by molar-refractivity contribution is 5.70. The van der Waals surface area contributed by atoms with Crippen molar-refractivity contribution < 1.29 is 23.8 Å². The van der Waals surface area contributed by atoms with Gasteiger partial charge in [0.15, 0.2) is 0 Å². The highest BCUT2D eigenvalue weighted by atomic mass is 16.7. The third kappa shape index (κ3) is 6.60. The number of carbonyl (C=O) groups excluding carboxylic acids is 2. The lowest BCUT2D eigenvalue weighted by Crippen LogP contribution is -2.47. The van der Waals surface area contributed by atoms with Gasteiger partial charge < -0.3 is 24.0 Å². The summed E-state index contributed by atoms with van der Waals surface area (Å²) in [7, 11) is 2.14. The van der Waals surface area contributed by atoms with Gasteiger partial charge in [-0.3, -0.25) is 4.79 Å². The zero-order chi connectivity index (χ0) is 22.6. The first-order chi connectivity index (χ1) is 15.4. The number of hydrogen-bond donors (Lipinski definition) is 0. The second-order valence-electron chi connectivity index (χ2n) is 11.1. The number of carbonyl (C=O) groups is 2. The summed E-state index contributed by atoms with van der Waals surface area (Å²) in [5, 5.41) is 0. The van der Waals surface area contributed by atoms with Gasteiger partial charge in [0.25, 0.3) is 0 Å². The first kappa shape index (κ1) is 23.8. The van der Waals surface area contributed by atoms with Gasteiger partial charge in [0.2, 0.25) is 0 Å². The van der Waals surface area contributed by atoms with E-state index in [2.05, 4.69) is 23.8 Å². The molecule has 7 heteroatoms. The summed E-state index contributed by atoms with van der Waals surface area (Å²) in [6.07, 6.45) is 8.39.